The zero-order chi connectivity index (χ0) is 13.0. The molecular formula is C16H19NO. The van der Waals surface area contributed by atoms with Crippen LogP contribution in [0.15, 0.2) is 42.5 Å². The third-order valence-corrected chi connectivity index (χ3v) is 2.92. The predicted octanol–water partition coefficient (Wildman–Crippen LogP) is 3.30. The van der Waals surface area contributed by atoms with E-state index in [0.717, 1.165) is 12.1 Å². The molecule has 94 valence electrons. The number of phenols is 1. The monoisotopic (exact) mass is 241 g/mol. The standard InChI is InChI=1S/C16H19NO/c1-12-7-13(2)9-14(8-12)10-17-11-15-5-3-4-6-16(15)18/h3-9,17-18H,10-11H2,1-2H3. The Hall–Kier alpha value is -1.80. The highest BCUT2D eigenvalue weighted by molar-refractivity contribution is 5.32. The van der Waals surface area contributed by atoms with E-state index >= 15 is 0 Å². The molecule has 0 saturated carbocycles. The summed E-state index contributed by atoms with van der Waals surface area (Å²) in [5.41, 5.74) is 4.79. The maximum atomic E-state index is 9.66. The third-order valence-electron chi connectivity index (χ3n) is 2.92. The maximum absolute atomic E-state index is 9.66. The fourth-order valence-electron chi connectivity index (χ4n) is 2.17. The first-order valence-corrected chi connectivity index (χ1v) is 6.20. The first-order valence-electron chi connectivity index (χ1n) is 6.20. The summed E-state index contributed by atoms with van der Waals surface area (Å²) in [6, 6.07) is 14.0. The minimum Gasteiger partial charge on any atom is -0.508 e. The van der Waals surface area contributed by atoms with Crippen molar-refractivity contribution in [3.05, 3.63) is 64.7 Å². The summed E-state index contributed by atoms with van der Waals surface area (Å²) in [6.07, 6.45) is 0. The number of nitrogens with one attached hydrogen (secondary N) is 1. The fraction of sp³-hybridized carbons (Fsp3) is 0.250. The van der Waals surface area contributed by atoms with E-state index in [2.05, 4.69) is 37.4 Å². The lowest BCUT2D eigenvalue weighted by Gasteiger charge is -2.08. The minimum atomic E-state index is 0.352. The molecule has 0 amide bonds. The molecule has 2 rings (SSSR count). The molecule has 2 nitrogen and oxygen atoms in total. The van der Waals surface area contributed by atoms with Gasteiger partial charge in [-0.1, -0.05) is 47.5 Å². The van der Waals surface area contributed by atoms with Crippen LogP contribution in [0.3, 0.4) is 0 Å². The molecule has 0 bridgehead atoms. The quantitative estimate of drug-likeness (QED) is 0.860. The molecule has 0 aliphatic heterocycles. The largest absolute Gasteiger partial charge is 0.508 e. The smallest absolute Gasteiger partial charge is 0.120 e. The maximum Gasteiger partial charge on any atom is 0.120 e. The second-order valence-corrected chi connectivity index (χ2v) is 4.73. The molecular weight excluding hydrogens is 222 g/mol. The average molecular weight is 241 g/mol. The van der Waals surface area contributed by atoms with Crippen LogP contribution in [0, 0.1) is 13.8 Å². The second-order valence-electron chi connectivity index (χ2n) is 4.73. The van der Waals surface area contributed by atoms with Gasteiger partial charge < -0.3 is 10.4 Å². The molecule has 0 aliphatic rings. The van der Waals surface area contributed by atoms with Gasteiger partial charge in [-0.15, -0.1) is 0 Å². The molecule has 0 heterocycles. The molecule has 0 spiro atoms. The van der Waals surface area contributed by atoms with Crippen molar-refractivity contribution in [1.29, 1.82) is 0 Å². The number of rotatable bonds is 4. The van der Waals surface area contributed by atoms with Gasteiger partial charge in [0.2, 0.25) is 0 Å². The number of aromatic hydroxyl groups is 1. The summed E-state index contributed by atoms with van der Waals surface area (Å²) >= 11 is 0. The first kappa shape index (κ1) is 12.7. The Balaban J connectivity index is 1.94. The van der Waals surface area contributed by atoms with Gasteiger partial charge in [-0.05, 0) is 25.5 Å². The Bertz CT molecular complexity index is 514. The highest BCUT2D eigenvalue weighted by Gasteiger charge is 2.00. The molecule has 2 aromatic carbocycles. The first-order chi connectivity index (χ1) is 8.65. The molecule has 18 heavy (non-hydrogen) atoms. The van der Waals surface area contributed by atoms with Gasteiger partial charge in [0.15, 0.2) is 0 Å². The fourth-order valence-corrected chi connectivity index (χ4v) is 2.17. The lowest BCUT2D eigenvalue weighted by molar-refractivity contribution is 0.464. The molecule has 0 unspecified atom stereocenters. The molecule has 2 heteroatoms. The van der Waals surface area contributed by atoms with E-state index in [-0.39, 0.29) is 0 Å². The van der Waals surface area contributed by atoms with Gasteiger partial charge in [-0.2, -0.15) is 0 Å². The van der Waals surface area contributed by atoms with Crippen LogP contribution < -0.4 is 5.32 Å². The van der Waals surface area contributed by atoms with Crippen molar-refractivity contribution in [2.24, 2.45) is 0 Å². The highest BCUT2D eigenvalue weighted by Crippen LogP contribution is 2.15. The van der Waals surface area contributed by atoms with Crippen molar-refractivity contribution in [3.8, 4) is 5.75 Å². The zero-order valence-corrected chi connectivity index (χ0v) is 10.9. The van der Waals surface area contributed by atoms with Crippen LogP contribution in [0.5, 0.6) is 5.75 Å². The normalized spacial score (nSPS) is 10.6. The Kier molecular flexibility index (Phi) is 4.00. The molecule has 0 saturated heterocycles. The summed E-state index contributed by atoms with van der Waals surface area (Å²) in [7, 11) is 0. The lowest BCUT2D eigenvalue weighted by atomic mass is 10.1. The van der Waals surface area contributed by atoms with Gasteiger partial charge in [-0.25, -0.2) is 0 Å². The van der Waals surface area contributed by atoms with Gasteiger partial charge in [-0.3, -0.25) is 0 Å². The van der Waals surface area contributed by atoms with E-state index in [0.29, 0.717) is 12.3 Å². The van der Waals surface area contributed by atoms with Crippen molar-refractivity contribution in [1.82, 2.24) is 5.32 Å². The van der Waals surface area contributed by atoms with E-state index in [9.17, 15) is 5.11 Å². The lowest BCUT2D eigenvalue weighted by Crippen LogP contribution is -2.12. The Morgan fingerprint density at radius 2 is 1.61 bits per heavy atom. The van der Waals surface area contributed by atoms with E-state index in [4.69, 9.17) is 0 Å². The topological polar surface area (TPSA) is 32.3 Å². The third kappa shape index (κ3) is 3.34. The van der Waals surface area contributed by atoms with Crippen LogP contribution >= 0.6 is 0 Å². The van der Waals surface area contributed by atoms with Crippen LogP contribution in [0.25, 0.3) is 0 Å². The molecule has 0 radical (unpaired) electrons. The molecule has 0 atom stereocenters. The average Bonchev–Trinajstić information content (AvgIpc) is 2.30. The van der Waals surface area contributed by atoms with Crippen LogP contribution in [0.4, 0.5) is 0 Å². The van der Waals surface area contributed by atoms with Crippen LogP contribution in [0.2, 0.25) is 0 Å². The Labute approximate surface area is 108 Å². The van der Waals surface area contributed by atoms with Crippen LogP contribution in [-0.2, 0) is 13.1 Å². The van der Waals surface area contributed by atoms with Gasteiger partial charge in [0, 0.05) is 18.7 Å². The molecule has 0 aromatic heterocycles. The minimum absolute atomic E-state index is 0.352. The van der Waals surface area contributed by atoms with Crippen molar-refractivity contribution in [2.75, 3.05) is 0 Å². The molecule has 2 N–H and O–H groups in total. The second kappa shape index (κ2) is 5.69. The summed E-state index contributed by atoms with van der Waals surface area (Å²) in [4.78, 5) is 0. The van der Waals surface area contributed by atoms with Gasteiger partial charge >= 0.3 is 0 Å². The number of para-hydroxylation sites is 1. The van der Waals surface area contributed by atoms with Gasteiger partial charge in [0.25, 0.3) is 0 Å². The number of benzene rings is 2. The molecule has 0 aliphatic carbocycles. The summed E-state index contributed by atoms with van der Waals surface area (Å²) in [6.45, 7) is 5.72. The van der Waals surface area contributed by atoms with E-state index in [1.165, 1.54) is 16.7 Å². The number of phenolic OH excluding ortho intramolecular Hbond substituents is 1. The Morgan fingerprint density at radius 3 is 2.28 bits per heavy atom. The number of hydrogen-bond acceptors (Lipinski definition) is 2. The van der Waals surface area contributed by atoms with Crippen molar-refractivity contribution >= 4 is 0 Å². The van der Waals surface area contributed by atoms with Crippen molar-refractivity contribution in [2.45, 2.75) is 26.9 Å². The van der Waals surface area contributed by atoms with Gasteiger partial charge in [0.05, 0.1) is 0 Å². The van der Waals surface area contributed by atoms with E-state index in [1.807, 2.05) is 18.2 Å². The van der Waals surface area contributed by atoms with E-state index < -0.39 is 0 Å². The van der Waals surface area contributed by atoms with Crippen LogP contribution in [-0.4, -0.2) is 5.11 Å². The van der Waals surface area contributed by atoms with Gasteiger partial charge in [0.1, 0.15) is 5.75 Å². The molecule has 2 aromatic rings. The summed E-state index contributed by atoms with van der Waals surface area (Å²) in [5.74, 6) is 0.352. The van der Waals surface area contributed by atoms with Crippen molar-refractivity contribution in [3.63, 3.8) is 0 Å². The van der Waals surface area contributed by atoms with Crippen LogP contribution in [0.1, 0.15) is 22.3 Å². The molecule has 0 fully saturated rings. The number of aryl methyl sites for hydroxylation is 2. The van der Waals surface area contributed by atoms with Crippen molar-refractivity contribution < 1.29 is 5.11 Å². The zero-order valence-electron chi connectivity index (χ0n) is 10.9. The number of hydrogen-bond donors (Lipinski definition) is 2. The summed E-state index contributed by atoms with van der Waals surface area (Å²) < 4.78 is 0. The summed E-state index contributed by atoms with van der Waals surface area (Å²) in [5, 5.41) is 13.0. The van der Waals surface area contributed by atoms with E-state index in [1.54, 1.807) is 6.07 Å². The Morgan fingerprint density at radius 1 is 0.944 bits per heavy atom. The highest BCUT2D eigenvalue weighted by atomic mass is 16.3. The predicted molar refractivity (Wildman–Crippen MR) is 74.6 cm³/mol. The SMILES string of the molecule is Cc1cc(C)cc(CNCc2ccccc2O)c1.